The van der Waals surface area contributed by atoms with Gasteiger partial charge in [0, 0.05) is 11.4 Å². The largest absolute Gasteiger partial charge is 0.463 e. The van der Waals surface area contributed by atoms with Gasteiger partial charge in [0.05, 0.1) is 6.61 Å². The number of nitrogens with zero attached hydrogens (tertiary/aromatic N) is 1. The summed E-state index contributed by atoms with van der Waals surface area (Å²) in [5.41, 5.74) is 0.448. The highest BCUT2D eigenvalue weighted by Crippen LogP contribution is 2.15. The van der Waals surface area contributed by atoms with Gasteiger partial charge in [-0.1, -0.05) is 23.7 Å². The van der Waals surface area contributed by atoms with Crippen molar-refractivity contribution in [2.45, 2.75) is 12.5 Å². The highest BCUT2D eigenvalue weighted by molar-refractivity contribution is 6.30. The molecule has 0 aromatic heterocycles. The molecule has 0 spiro atoms. The second-order valence-corrected chi connectivity index (χ2v) is 4.51. The number of benzene rings is 1. The van der Waals surface area contributed by atoms with E-state index < -0.39 is 18.0 Å². The number of rotatable bonds is 3. The molecule has 5 nitrogen and oxygen atoms in total. The van der Waals surface area contributed by atoms with Crippen LogP contribution in [-0.2, 0) is 19.1 Å². The number of hydrogen-bond donors (Lipinski definition) is 0. The van der Waals surface area contributed by atoms with Crippen molar-refractivity contribution in [2.24, 2.45) is 0 Å². The maximum absolute atomic E-state index is 11.8. The summed E-state index contributed by atoms with van der Waals surface area (Å²) in [7, 11) is 0. The Balaban J connectivity index is 2.11. The van der Waals surface area contributed by atoms with E-state index in [1.54, 1.807) is 30.3 Å². The Hall–Kier alpha value is -2.32. The fourth-order valence-corrected chi connectivity index (χ4v) is 1.77. The van der Waals surface area contributed by atoms with Gasteiger partial charge < -0.3 is 9.47 Å². The third-order valence-electron chi connectivity index (χ3n) is 2.66. The van der Waals surface area contributed by atoms with E-state index in [4.69, 9.17) is 21.6 Å². The highest BCUT2D eigenvalue weighted by Gasteiger charge is 2.31. The molecule has 0 N–H and O–H groups in total. The first kappa shape index (κ1) is 14.1. The lowest BCUT2D eigenvalue weighted by Crippen LogP contribution is -2.23. The minimum absolute atomic E-state index is 0.188. The van der Waals surface area contributed by atoms with Crippen molar-refractivity contribution >= 4 is 29.6 Å². The molecule has 1 aliphatic rings. The predicted molar refractivity (Wildman–Crippen MR) is 70.5 cm³/mol. The number of carbonyl (C=O) groups is 2. The van der Waals surface area contributed by atoms with Gasteiger partial charge in [0.2, 0.25) is 6.10 Å². The van der Waals surface area contributed by atoms with Gasteiger partial charge in [0.15, 0.2) is 0 Å². The van der Waals surface area contributed by atoms with Gasteiger partial charge >= 0.3 is 11.9 Å². The summed E-state index contributed by atoms with van der Waals surface area (Å²) < 4.78 is 9.62. The van der Waals surface area contributed by atoms with Crippen molar-refractivity contribution in [3.05, 3.63) is 40.4 Å². The van der Waals surface area contributed by atoms with Crippen LogP contribution in [0.3, 0.4) is 0 Å². The van der Waals surface area contributed by atoms with E-state index in [-0.39, 0.29) is 12.2 Å². The maximum Gasteiger partial charge on any atom is 0.349 e. The normalized spacial score (nSPS) is 18.3. The summed E-state index contributed by atoms with van der Waals surface area (Å²) in [5.74, 6) is -1.42. The first-order valence-electron chi connectivity index (χ1n) is 5.85. The molecule has 20 heavy (non-hydrogen) atoms. The predicted octanol–water partition coefficient (Wildman–Crippen LogP) is 2.11. The van der Waals surface area contributed by atoms with Crippen LogP contribution in [0.1, 0.15) is 12.0 Å². The number of cyclic esters (lactones) is 1. The minimum atomic E-state index is -0.926. The summed E-state index contributed by atoms with van der Waals surface area (Å²) in [6.07, 6.45) is 0.757. The molecule has 1 aromatic carbocycles. The summed E-state index contributed by atoms with van der Waals surface area (Å²) >= 11 is 5.75. The molecule has 1 heterocycles. The molecule has 1 fully saturated rings. The fourth-order valence-electron chi connectivity index (χ4n) is 1.64. The number of nitriles is 1. The Bertz CT molecular complexity index is 601. The molecule has 1 aromatic rings. The molecular formula is C14H10ClNO4. The standard InChI is InChI=1S/C14H10ClNO4/c15-11-3-1-9(2-4-11)7-10(8-16)13(17)20-12-5-6-19-14(12)18/h1-4,7,12H,5-6H2/b10-7-/t12-/m1/s1. The first-order valence-corrected chi connectivity index (χ1v) is 6.23. The second kappa shape index (κ2) is 6.22. The molecule has 6 heteroatoms. The van der Waals surface area contributed by atoms with Crippen LogP contribution in [-0.4, -0.2) is 24.6 Å². The molecule has 0 bridgehead atoms. The molecule has 0 aliphatic carbocycles. The minimum Gasteiger partial charge on any atom is -0.463 e. The number of hydrogen-bond acceptors (Lipinski definition) is 5. The number of halogens is 1. The summed E-state index contributed by atoms with van der Waals surface area (Å²) in [5, 5.41) is 9.54. The van der Waals surface area contributed by atoms with E-state index in [1.807, 2.05) is 0 Å². The quantitative estimate of drug-likeness (QED) is 0.484. The van der Waals surface area contributed by atoms with Crippen LogP contribution in [0.25, 0.3) is 6.08 Å². The second-order valence-electron chi connectivity index (χ2n) is 4.07. The van der Waals surface area contributed by atoms with Crippen molar-refractivity contribution in [3.63, 3.8) is 0 Å². The van der Waals surface area contributed by atoms with E-state index in [9.17, 15) is 9.59 Å². The first-order chi connectivity index (χ1) is 9.60. The Morgan fingerprint density at radius 3 is 2.70 bits per heavy atom. The number of ether oxygens (including phenoxy) is 2. The van der Waals surface area contributed by atoms with Gasteiger partial charge in [-0.3, -0.25) is 0 Å². The zero-order valence-electron chi connectivity index (χ0n) is 10.3. The van der Waals surface area contributed by atoms with E-state index in [0.717, 1.165) is 0 Å². The van der Waals surface area contributed by atoms with Gasteiger partial charge in [0.25, 0.3) is 0 Å². The van der Waals surface area contributed by atoms with Crippen LogP contribution in [0, 0.1) is 11.3 Å². The zero-order valence-corrected chi connectivity index (χ0v) is 11.1. The van der Waals surface area contributed by atoms with Crippen molar-refractivity contribution in [2.75, 3.05) is 6.61 Å². The summed E-state index contributed by atoms with van der Waals surface area (Å²) in [6.45, 7) is 0.222. The molecule has 0 radical (unpaired) electrons. The van der Waals surface area contributed by atoms with E-state index >= 15 is 0 Å². The van der Waals surface area contributed by atoms with Gasteiger partial charge in [0.1, 0.15) is 11.6 Å². The Morgan fingerprint density at radius 2 is 2.15 bits per heavy atom. The molecule has 1 aliphatic heterocycles. The van der Waals surface area contributed by atoms with Crippen molar-refractivity contribution < 1.29 is 19.1 Å². The van der Waals surface area contributed by atoms with Crippen molar-refractivity contribution in [1.82, 2.24) is 0 Å². The third kappa shape index (κ3) is 3.37. The smallest absolute Gasteiger partial charge is 0.349 e. The molecule has 0 unspecified atom stereocenters. The lowest BCUT2D eigenvalue weighted by Gasteiger charge is -2.07. The molecule has 0 saturated carbocycles. The van der Waals surface area contributed by atoms with Gasteiger partial charge in [-0.25, -0.2) is 9.59 Å². The van der Waals surface area contributed by atoms with Crippen LogP contribution < -0.4 is 0 Å². The lowest BCUT2D eigenvalue weighted by molar-refractivity contribution is -0.157. The van der Waals surface area contributed by atoms with Crippen molar-refractivity contribution in [1.29, 1.82) is 5.26 Å². The highest BCUT2D eigenvalue weighted by atomic mass is 35.5. The zero-order chi connectivity index (χ0) is 14.5. The average molecular weight is 292 g/mol. The van der Waals surface area contributed by atoms with Crippen LogP contribution >= 0.6 is 11.6 Å². The van der Waals surface area contributed by atoms with Crippen molar-refractivity contribution in [3.8, 4) is 6.07 Å². The number of esters is 2. The van der Waals surface area contributed by atoms with Crippen LogP contribution in [0.4, 0.5) is 0 Å². The van der Waals surface area contributed by atoms with Gasteiger partial charge in [-0.05, 0) is 23.8 Å². The molecule has 2 rings (SSSR count). The van der Waals surface area contributed by atoms with E-state index in [0.29, 0.717) is 17.0 Å². The van der Waals surface area contributed by atoms with E-state index in [1.165, 1.54) is 6.08 Å². The average Bonchev–Trinajstić information content (AvgIpc) is 2.83. The topological polar surface area (TPSA) is 76.4 Å². The van der Waals surface area contributed by atoms with Crippen LogP contribution in [0.2, 0.25) is 5.02 Å². The van der Waals surface area contributed by atoms with Crippen LogP contribution in [0.15, 0.2) is 29.8 Å². The summed E-state index contributed by atoms with van der Waals surface area (Å²) in [4.78, 5) is 23.0. The van der Waals surface area contributed by atoms with Gasteiger partial charge in [-0.15, -0.1) is 0 Å². The van der Waals surface area contributed by atoms with E-state index in [2.05, 4.69) is 4.74 Å². The monoisotopic (exact) mass is 291 g/mol. The fraction of sp³-hybridized carbons (Fsp3) is 0.214. The maximum atomic E-state index is 11.8. The van der Waals surface area contributed by atoms with Crippen LogP contribution in [0.5, 0.6) is 0 Å². The SMILES string of the molecule is N#C/C(=C/c1ccc(Cl)cc1)C(=O)O[C@@H]1CCOC1=O. The molecular weight excluding hydrogens is 282 g/mol. The molecule has 0 amide bonds. The number of carbonyl (C=O) groups excluding carboxylic acids is 2. The Labute approximate surface area is 120 Å². The van der Waals surface area contributed by atoms with Gasteiger partial charge in [-0.2, -0.15) is 5.26 Å². The Kier molecular flexibility index (Phi) is 4.38. The molecule has 1 saturated heterocycles. The molecule has 102 valence electrons. The lowest BCUT2D eigenvalue weighted by atomic mass is 10.1. The third-order valence-corrected chi connectivity index (χ3v) is 2.91. The summed E-state index contributed by atoms with van der Waals surface area (Å²) in [6, 6.07) is 8.36. The Morgan fingerprint density at radius 1 is 1.45 bits per heavy atom. The molecule has 1 atom stereocenters.